The van der Waals surface area contributed by atoms with Crippen LogP contribution < -0.4 is 4.74 Å². The van der Waals surface area contributed by atoms with Gasteiger partial charge in [0.1, 0.15) is 5.75 Å². The van der Waals surface area contributed by atoms with Gasteiger partial charge in [-0.3, -0.25) is 0 Å². The van der Waals surface area contributed by atoms with Crippen LogP contribution in [0.5, 0.6) is 5.75 Å². The van der Waals surface area contributed by atoms with Gasteiger partial charge in [0.25, 0.3) is 5.89 Å². The van der Waals surface area contributed by atoms with Crippen LogP contribution in [0.4, 0.5) is 0 Å². The van der Waals surface area contributed by atoms with Crippen molar-refractivity contribution in [2.45, 2.75) is 20.0 Å². The number of rotatable bonds is 6. The van der Waals surface area contributed by atoms with E-state index in [1.54, 1.807) is 31.2 Å². The van der Waals surface area contributed by atoms with Crippen LogP contribution in [0.25, 0.3) is 11.5 Å². The number of halogens is 1. The molecule has 3 rings (SSSR count). The molecule has 0 amide bonds. The fourth-order valence-electron chi connectivity index (χ4n) is 2.19. The molecule has 1 heterocycles. The van der Waals surface area contributed by atoms with Gasteiger partial charge in [-0.2, -0.15) is 0 Å². The Bertz CT molecular complexity index is 893. The molecule has 0 spiro atoms. The first kappa shape index (κ1) is 17.9. The first-order valence-electron chi connectivity index (χ1n) is 8.00. The lowest BCUT2D eigenvalue weighted by atomic mass is 10.1. The van der Waals surface area contributed by atoms with Crippen LogP contribution in [-0.4, -0.2) is 22.8 Å². The van der Waals surface area contributed by atoms with Crippen molar-refractivity contribution in [1.82, 2.24) is 10.2 Å². The Morgan fingerprint density at radius 3 is 2.62 bits per heavy atom. The van der Waals surface area contributed by atoms with Crippen molar-refractivity contribution in [1.29, 1.82) is 0 Å². The molecule has 1 aromatic heterocycles. The van der Waals surface area contributed by atoms with E-state index in [0.717, 1.165) is 11.1 Å². The van der Waals surface area contributed by atoms with Gasteiger partial charge < -0.3 is 13.9 Å². The molecule has 134 valence electrons. The maximum Gasteiger partial charge on any atom is 0.344 e. The van der Waals surface area contributed by atoms with Crippen molar-refractivity contribution in [3.8, 4) is 17.2 Å². The third kappa shape index (κ3) is 4.40. The van der Waals surface area contributed by atoms with Crippen LogP contribution in [0.3, 0.4) is 0 Å². The largest absolute Gasteiger partial charge is 0.480 e. The topological polar surface area (TPSA) is 74.5 Å². The number of para-hydroxylation sites is 1. The molecule has 0 aliphatic rings. The average Bonchev–Trinajstić information content (AvgIpc) is 3.12. The molecule has 26 heavy (non-hydrogen) atoms. The van der Waals surface area contributed by atoms with Crippen LogP contribution in [0.15, 0.2) is 52.9 Å². The molecule has 3 aromatic rings. The van der Waals surface area contributed by atoms with Gasteiger partial charge in [-0.1, -0.05) is 41.4 Å². The third-order valence-electron chi connectivity index (χ3n) is 3.58. The summed E-state index contributed by atoms with van der Waals surface area (Å²) in [7, 11) is 0. The van der Waals surface area contributed by atoms with Gasteiger partial charge in [-0.25, -0.2) is 4.79 Å². The molecular weight excluding hydrogens is 356 g/mol. The highest BCUT2D eigenvalue weighted by Gasteiger charge is 2.19. The van der Waals surface area contributed by atoms with Crippen molar-refractivity contribution in [3.05, 3.63) is 65.0 Å². The number of nitrogens with zero attached hydrogens (tertiary/aromatic N) is 2. The Morgan fingerprint density at radius 2 is 1.88 bits per heavy atom. The minimum Gasteiger partial charge on any atom is -0.480 e. The summed E-state index contributed by atoms with van der Waals surface area (Å²) in [6.07, 6.45) is -0.691. The van der Waals surface area contributed by atoms with Gasteiger partial charge in [0.2, 0.25) is 5.89 Å². The summed E-state index contributed by atoms with van der Waals surface area (Å²) in [6.45, 7) is 3.38. The fraction of sp³-hybridized carbons (Fsp3) is 0.211. The van der Waals surface area contributed by atoms with Gasteiger partial charge in [-0.05, 0) is 38.1 Å². The molecule has 0 N–H and O–H groups in total. The second-order valence-electron chi connectivity index (χ2n) is 5.66. The number of aromatic nitrogens is 2. The summed E-state index contributed by atoms with van der Waals surface area (Å²) in [5.41, 5.74) is 1.93. The SMILES string of the molecule is Cc1ccc(-c2nnc([C@@H](C)OC(=O)COc3ccccc3Cl)o2)cc1. The molecule has 0 saturated carbocycles. The number of esters is 1. The summed E-state index contributed by atoms with van der Waals surface area (Å²) >= 11 is 5.97. The van der Waals surface area contributed by atoms with Crippen molar-refractivity contribution in [2.24, 2.45) is 0 Å². The molecule has 0 aliphatic heterocycles. The number of aryl methyl sites for hydroxylation is 1. The second-order valence-corrected chi connectivity index (χ2v) is 6.07. The fourth-order valence-corrected chi connectivity index (χ4v) is 2.38. The van der Waals surface area contributed by atoms with Crippen molar-refractivity contribution < 1.29 is 18.7 Å². The highest BCUT2D eigenvalue weighted by Crippen LogP contribution is 2.24. The first-order valence-corrected chi connectivity index (χ1v) is 8.38. The number of ether oxygens (including phenoxy) is 2. The highest BCUT2D eigenvalue weighted by atomic mass is 35.5. The number of carbonyl (C=O) groups is 1. The quantitative estimate of drug-likeness (QED) is 0.598. The smallest absolute Gasteiger partial charge is 0.344 e. The molecular formula is C19H17ClN2O4. The summed E-state index contributed by atoms with van der Waals surface area (Å²) < 4.78 is 16.2. The molecule has 7 heteroatoms. The summed E-state index contributed by atoms with van der Waals surface area (Å²) in [4.78, 5) is 11.9. The zero-order valence-corrected chi connectivity index (χ0v) is 15.1. The summed E-state index contributed by atoms with van der Waals surface area (Å²) in [5, 5.41) is 8.36. The van der Waals surface area contributed by atoms with E-state index in [1.807, 2.05) is 31.2 Å². The van der Waals surface area contributed by atoms with E-state index in [0.29, 0.717) is 16.7 Å². The molecule has 6 nitrogen and oxygen atoms in total. The van der Waals surface area contributed by atoms with Crippen LogP contribution in [0, 0.1) is 6.92 Å². The van der Waals surface area contributed by atoms with Crippen molar-refractivity contribution in [3.63, 3.8) is 0 Å². The van der Waals surface area contributed by atoms with Crippen molar-refractivity contribution >= 4 is 17.6 Å². The molecule has 2 aromatic carbocycles. The minimum atomic E-state index is -0.691. The molecule has 0 radical (unpaired) electrons. The minimum absolute atomic E-state index is 0.215. The van der Waals surface area contributed by atoms with E-state index < -0.39 is 12.1 Å². The number of carbonyl (C=O) groups excluding carboxylic acids is 1. The third-order valence-corrected chi connectivity index (χ3v) is 3.89. The number of hydrogen-bond acceptors (Lipinski definition) is 6. The Morgan fingerprint density at radius 1 is 1.15 bits per heavy atom. The van der Waals surface area contributed by atoms with Gasteiger partial charge >= 0.3 is 5.97 Å². The lowest BCUT2D eigenvalue weighted by molar-refractivity contribution is -0.152. The molecule has 0 fully saturated rings. The predicted molar refractivity (Wildman–Crippen MR) is 95.9 cm³/mol. The van der Waals surface area contributed by atoms with E-state index in [9.17, 15) is 4.79 Å². The Labute approximate surface area is 155 Å². The molecule has 0 aliphatic carbocycles. The van der Waals surface area contributed by atoms with E-state index in [2.05, 4.69) is 10.2 Å². The zero-order valence-electron chi connectivity index (χ0n) is 14.3. The second kappa shape index (κ2) is 8.01. The van der Waals surface area contributed by atoms with Gasteiger partial charge in [0.05, 0.1) is 5.02 Å². The maximum atomic E-state index is 11.9. The lowest BCUT2D eigenvalue weighted by Crippen LogP contribution is -2.17. The summed E-state index contributed by atoms with van der Waals surface area (Å²) in [6, 6.07) is 14.6. The van der Waals surface area contributed by atoms with Gasteiger partial charge in [-0.15, -0.1) is 10.2 Å². The van der Waals surface area contributed by atoms with Crippen LogP contribution >= 0.6 is 11.6 Å². The van der Waals surface area contributed by atoms with Gasteiger partial charge in [0.15, 0.2) is 12.7 Å². The Balaban J connectivity index is 1.58. The summed E-state index contributed by atoms with van der Waals surface area (Å²) in [5.74, 6) is 0.438. The van der Waals surface area contributed by atoms with E-state index in [4.69, 9.17) is 25.5 Å². The maximum absolute atomic E-state index is 11.9. The zero-order chi connectivity index (χ0) is 18.5. The number of benzene rings is 2. The Kier molecular flexibility index (Phi) is 5.53. The highest BCUT2D eigenvalue weighted by molar-refractivity contribution is 6.32. The monoisotopic (exact) mass is 372 g/mol. The average molecular weight is 373 g/mol. The van der Waals surface area contributed by atoms with Crippen LogP contribution in [0.1, 0.15) is 24.5 Å². The first-order chi connectivity index (χ1) is 12.5. The molecule has 0 unspecified atom stereocenters. The van der Waals surface area contributed by atoms with E-state index in [-0.39, 0.29) is 12.5 Å². The predicted octanol–water partition coefficient (Wildman–Crippen LogP) is 4.38. The molecule has 1 atom stereocenters. The lowest BCUT2D eigenvalue weighted by Gasteiger charge is -2.11. The van der Waals surface area contributed by atoms with E-state index in [1.165, 1.54) is 0 Å². The molecule has 0 bridgehead atoms. The van der Waals surface area contributed by atoms with Crippen LogP contribution in [0.2, 0.25) is 5.02 Å². The van der Waals surface area contributed by atoms with Gasteiger partial charge in [0, 0.05) is 5.56 Å². The van der Waals surface area contributed by atoms with E-state index >= 15 is 0 Å². The Hall–Kier alpha value is -2.86. The van der Waals surface area contributed by atoms with Crippen molar-refractivity contribution in [2.75, 3.05) is 6.61 Å². The van der Waals surface area contributed by atoms with Crippen LogP contribution in [-0.2, 0) is 9.53 Å². The molecule has 0 saturated heterocycles. The standard InChI is InChI=1S/C19H17ClN2O4/c1-12-7-9-14(10-8-12)19-22-21-18(26-19)13(2)25-17(23)11-24-16-6-4-3-5-15(16)20/h3-10,13H,11H2,1-2H3/t13-/m1/s1. The normalized spacial score (nSPS) is 11.8. The number of hydrogen-bond donors (Lipinski definition) is 0.